The fourth-order valence-electron chi connectivity index (χ4n) is 1.78. The van der Waals surface area contributed by atoms with E-state index in [1.165, 1.54) is 0 Å². The number of halogens is 1. The van der Waals surface area contributed by atoms with E-state index >= 15 is 0 Å². The summed E-state index contributed by atoms with van der Waals surface area (Å²) in [6.45, 7) is 3.84. The lowest BCUT2D eigenvalue weighted by atomic mass is 10.1. The fourth-order valence-corrected chi connectivity index (χ4v) is 2.13. The monoisotopic (exact) mass is 344 g/mol. The Labute approximate surface area is 127 Å². The molecule has 2 N–H and O–H groups in total. The molecule has 1 unspecified atom stereocenters. The lowest BCUT2D eigenvalue weighted by molar-refractivity contribution is -0.124. The molecule has 1 atom stereocenters. The Morgan fingerprint density at radius 3 is 2.80 bits per heavy atom. The molecular formula is C14H21BrN2O3. The van der Waals surface area contributed by atoms with Crippen molar-refractivity contribution in [3.05, 3.63) is 22.4 Å². The van der Waals surface area contributed by atoms with E-state index in [9.17, 15) is 9.59 Å². The minimum absolute atomic E-state index is 0.104. The van der Waals surface area contributed by atoms with Crippen molar-refractivity contribution in [3.8, 4) is 0 Å². The highest BCUT2D eigenvalue weighted by atomic mass is 79.9. The van der Waals surface area contributed by atoms with Gasteiger partial charge in [0.15, 0.2) is 6.61 Å². The number of aromatic amines is 1. The van der Waals surface area contributed by atoms with Crippen molar-refractivity contribution < 1.29 is 14.3 Å². The summed E-state index contributed by atoms with van der Waals surface area (Å²) in [5.41, 5.74) is 0.320. The van der Waals surface area contributed by atoms with E-state index in [-0.39, 0.29) is 18.6 Å². The van der Waals surface area contributed by atoms with Gasteiger partial charge in [-0.2, -0.15) is 0 Å². The fraction of sp³-hybridized carbons (Fsp3) is 0.571. The van der Waals surface area contributed by atoms with Crippen LogP contribution in [-0.4, -0.2) is 29.5 Å². The third-order valence-corrected chi connectivity index (χ3v) is 3.31. The maximum absolute atomic E-state index is 11.6. The summed E-state index contributed by atoms with van der Waals surface area (Å²) in [6, 6.07) is 1.71. The van der Waals surface area contributed by atoms with Crippen molar-refractivity contribution in [1.82, 2.24) is 10.3 Å². The zero-order chi connectivity index (χ0) is 15.0. The van der Waals surface area contributed by atoms with Crippen molar-refractivity contribution in [2.24, 2.45) is 0 Å². The molecule has 112 valence electrons. The minimum atomic E-state index is -0.538. The van der Waals surface area contributed by atoms with E-state index in [0.29, 0.717) is 5.69 Å². The van der Waals surface area contributed by atoms with Gasteiger partial charge < -0.3 is 15.0 Å². The van der Waals surface area contributed by atoms with Crippen LogP contribution in [-0.2, 0) is 9.53 Å². The third kappa shape index (κ3) is 6.23. The van der Waals surface area contributed by atoms with E-state index in [1.54, 1.807) is 12.3 Å². The molecule has 0 spiro atoms. The molecule has 6 heteroatoms. The number of ether oxygens (including phenoxy) is 1. The van der Waals surface area contributed by atoms with E-state index in [2.05, 4.69) is 33.2 Å². The Morgan fingerprint density at radius 1 is 1.45 bits per heavy atom. The number of hydrogen-bond acceptors (Lipinski definition) is 3. The number of carbonyl (C=O) groups excluding carboxylic acids is 2. The second kappa shape index (κ2) is 8.79. The van der Waals surface area contributed by atoms with Crippen LogP contribution >= 0.6 is 15.9 Å². The smallest absolute Gasteiger partial charge is 0.355 e. The summed E-state index contributed by atoms with van der Waals surface area (Å²) < 4.78 is 5.69. The molecular weight excluding hydrogens is 324 g/mol. The van der Waals surface area contributed by atoms with E-state index < -0.39 is 5.97 Å². The van der Waals surface area contributed by atoms with Crippen LogP contribution < -0.4 is 5.32 Å². The molecule has 0 radical (unpaired) electrons. The summed E-state index contributed by atoms with van der Waals surface area (Å²) >= 11 is 3.22. The highest BCUT2D eigenvalue weighted by Gasteiger charge is 2.13. The molecule has 0 aliphatic rings. The van der Waals surface area contributed by atoms with Crippen LogP contribution in [0.5, 0.6) is 0 Å². The predicted octanol–water partition coefficient (Wildman–Crippen LogP) is 3.02. The van der Waals surface area contributed by atoms with E-state index in [4.69, 9.17) is 4.74 Å². The maximum Gasteiger partial charge on any atom is 0.355 e. The first-order valence-corrected chi connectivity index (χ1v) is 7.62. The number of esters is 1. The van der Waals surface area contributed by atoms with Gasteiger partial charge in [0, 0.05) is 16.7 Å². The third-order valence-electron chi connectivity index (χ3n) is 2.85. The first kappa shape index (κ1) is 16.8. The molecule has 1 aromatic heterocycles. The molecule has 0 aliphatic heterocycles. The largest absolute Gasteiger partial charge is 0.451 e. The van der Waals surface area contributed by atoms with E-state index in [1.807, 2.05) is 6.92 Å². The Hall–Kier alpha value is -1.30. The average molecular weight is 345 g/mol. The molecule has 1 aromatic rings. The minimum Gasteiger partial charge on any atom is -0.451 e. The number of unbranched alkanes of at least 4 members (excludes halogenated alkanes) is 2. The number of amides is 1. The molecule has 0 bridgehead atoms. The zero-order valence-corrected chi connectivity index (χ0v) is 13.5. The molecule has 20 heavy (non-hydrogen) atoms. The van der Waals surface area contributed by atoms with Crippen molar-refractivity contribution in [2.45, 2.75) is 45.6 Å². The first-order chi connectivity index (χ1) is 9.52. The molecule has 5 nitrogen and oxygen atoms in total. The number of nitrogens with one attached hydrogen (secondary N) is 2. The summed E-state index contributed by atoms with van der Waals surface area (Å²) in [7, 11) is 0. The highest BCUT2D eigenvalue weighted by molar-refractivity contribution is 9.10. The van der Waals surface area contributed by atoms with Gasteiger partial charge in [0.2, 0.25) is 0 Å². The van der Waals surface area contributed by atoms with Crippen molar-refractivity contribution >= 4 is 27.8 Å². The summed E-state index contributed by atoms with van der Waals surface area (Å²) in [5, 5.41) is 2.82. The standard InChI is InChI=1S/C14H21BrN2O3/c1-3-4-5-6-10(2)17-13(18)9-20-14(19)12-7-11(15)8-16-12/h7-8,10,16H,3-6,9H2,1-2H3,(H,17,18). The van der Waals surface area contributed by atoms with Crippen LogP contribution in [0.15, 0.2) is 16.7 Å². The van der Waals surface area contributed by atoms with Crippen LogP contribution in [0.4, 0.5) is 0 Å². The van der Waals surface area contributed by atoms with Crippen molar-refractivity contribution in [2.75, 3.05) is 6.61 Å². The molecule has 0 aliphatic carbocycles. The lowest BCUT2D eigenvalue weighted by Gasteiger charge is -2.13. The van der Waals surface area contributed by atoms with Crippen LogP contribution in [0.3, 0.4) is 0 Å². The number of hydrogen-bond donors (Lipinski definition) is 2. The Kier molecular flexibility index (Phi) is 7.36. The van der Waals surface area contributed by atoms with Gasteiger partial charge in [0.05, 0.1) is 0 Å². The highest BCUT2D eigenvalue weighted by Crippen LogP contribution is 2.11. The van der Waals surface area contributed by atoms with Crippen molar-refractivity contribution in [3.63, 3.8) is 0 Å². The summed E-state index contributed by atoms with van der Waals surface area (Å²) in [5.74, 6) is -0.808. The van der Waals surface area contributed by atoms with Crippen LogP contribution in [0.1, 0.15) is 50.0 Å². The molecule has 0 aromatic carbocycles. The van der Waals surface area contributed by atoms with Gasteiger partial charge in [-0.05, 0) is 35.3 Å². The van der Waals surface area contributed by atoms with Crippen LogP contribution in [0, 0.1) is 0 Å². The average Bonchev–Trinajstić information content (AvgIpc) is 2.83. The quantitative estimate of drug-likeness (QED) is 0.562. The molecule has 0 fully saturated rings. The topological polar surface area (TPSA) is 71.2 Å². The Balaban J connectivity index is 2.24. The van der Waals surface area contributed by atoms with Gasteiger partial charge >= 0.3 is 5.97 Å². The van der Waals surface area contributed by atoms with Gasteiger partial charge in [-0.1, -0.05) is 26.2 Å². The van der Waals surface area contributed by atoms with Crippen molar-refractivity contribution in [1.29, 1.82) is 0 Å². The van der Waals surface area contributed by atoms with Crippen LogP contribution in [0.2, 0.25) is 0 Å². The number of H-pyrrole nitrogens is 1. The zero-order valence-electron chi connectivity index (χ0n) is 11.9. The van der Waals surface area contributed by atoms with E-state index in [0.717, 1.165) is 30.2 Å². The molecule has 0 saturated heterocycles. The number of carbonyl (C=O) groups is 2. The van der Waals surface area contributed by atoms with Gasteiger partial charge in [-0.15, -0.1) is 0 Å². The molecule has 1 heterocycles. The molecule has 0 saturated carbocycles. The first-order valence-electron chi connectivity index (χ1n) is 6.83. The summed E-state index contributed by atoms with van der Waals surface area (Å²) in [6.07, 6.45) is 5.98. The van der Waals surface area contributed by atoms with Crippen LogP contribution in [0.25, 0.3) is 0 Å². The Bertz CT molecular complexity index is 445. The second-order valence-electron chi connectivity index (χ2n) is 4.77. The molecule has 1 amide bonds. The maximum atomic E-state index is 11.6. The normalized spacial score (nSPS) is 11.9. The van der Waals surface area contributed by atoms with Gasteiger partial charge in [-0.3, -0.25) is 4.79 Å². The lowest BCUT2D eigenvalue weighted by Crippen LogP contribution is -2.35. The summed E-state index contributed by atoms with van der Waals surface area (Å²) in [4.78, 5) is 26.0. The second-order valence-corrected chi connectivity index (χ2v) is 5.69. The van der Waals surface area contributed by atoms with Gasteiger partial charge in [0.25, 0.3) is 5.91 Å². The Morgan fingerprint density at radius 2 is 2.20 bits per heavy atom. The molecule has 1 rings (SSSR count). The number of rotatable bonds is 8. The van der Waals surface area contributed by atoms with Gasteiger partial charge in [0.1, 0.15) is 5.69 Å². The van der Waals surface area contributed by atoms with Gasteiger partial charge in [-0.25, -0.2) is 4.79 Å². The SMILES string of the molecule is CCCCCC(C)NC(=O)COC(=O)c1cc(Br)c[nH]1. The predicted molar refractivity (Wildman–Crippen MR) is 80.5 cm³/mol. The number of aromatic nitrogens is 1.